The number of anilines is 2. The molecule has 2 aromatic carbocycles. The van der Waals surface area contributed by atoms with Gasteiger partial charge in [0.2, 0.25) is 0 Å². The standard InChI is InChI=1S/C20H25ClN4O/c1-4-25(5-2)19-12-6-16(7-13-19)14-22-24-20(26)15(3)23-18-10-8-17(21)9-11-18/h6-15,23H,4-5H2,1-3H3,(H,24,26)/b22-14-/t15-/m0/s1. The number of hydrogen-bond donors (Lipinski definition) is 2. The number of benzene rings is 2. The summed E-state index contributed by atoms with van der Waals surface area (Å²) in [4.78, 5) is 14.4. The lowest BCUT2D eigenvalue weighted by molar-refractivity contribution is -0.121. The van der Waals surface area contributed by atoms with E-state index in [1.165, 1.54) is 5.69 Å². The molecule has 2 N–H and O–H groups in total. The van der Waals surface area contributed by atoms with Gasteiger partial charge in [0.05, 0.1) is 6.21 Å². The van der Waals surface area contributed by atoms with Crippen molar-refractivity contribution >= 4 is 35.1 Å². The third kappa shape index (κ3) is 5.77. The van der Waals surface area contributed by atoms with Crippen LogP contribution in [0.4, 0.5) is 11.4 Å². The molecular formula is C20H25ClN4O. The number of halogens is 1. The lowest BCUT2D eigenvalue weighted by Gasteiger charge is -2.20. The van der Waals surface area contributed by atoms with E-state index in [9.17, 15) is 4.79 Å². The van der Waals surface area contributed by atoms with E-state index in [0.717, 1.165) is 24.3 Å². The molecule has 26 heavy (non-hydrogen) atoms. The predicted octanol–water partition coefficient (Wildman–Crippen LogP) is 4.14. The van der Waals surface area contributed by atoms with Crippen LogP contribution in [-0.4, -0.2) is 31.3 Å². The third-order valence-electron chi connectivity index (χ3n) is 4.03. The van der Waals surface area contributed by atoms with E-state index in [1.54, 1.807) is 25.3 Å². The Bertz CT molecular complexity index is 724. The largest absolute Gasteiger partial charge is 0.374 e. The van der Waals surface area contributed by atoms with Crippen LogP contribution in [0, 0.1) is 0 Å². The summed E-state index contributed by atoms with van der Waals surface area (Å²) < 4.78 is 0. The minimum Gasteiger partial charge on any atom is -0.374 e. The average molecular weight is 373 g/mol. The van der Waals surface area contributed by atoms with Crippen molar-refractivity contribution in [3.05, 3.63) is 59.1 Å². The predicted molar refractivity (Wildman–Crippen MR) is 110 cm³/mol. The molecule has 0 aliphatic heterocycles. The summed E-state index contributed by atoms with van der Waals surface area (Å²) in [6.07, 6.45) is 1.64. The molecule has 6 heteroatoms. The minimum absolute atomic E-state index is 0.212. The van der Waals surface area contributed by atoms with Gasteiger partial charge in [-0.05, 0) is 62.7 Å². The minimum atomic E-state index is -0.418. The van der Waals surface area contributed by atoms with E-state index in [-0.39, 0.29) is 5.91 Å². The van der Waals surface area contributed by atoms with E-state index >= 15 is 0 Å². The molecule has 0 radical (unpaired) electrons. The monoisotopic (exact) mass is 372 g/mol. The lowest BCUT2D eigenvalue weighted by atomic mass is 10.2. The summed E-state index contributed by atoms with van der Waals surface area (Å²) >= 11 is 5.85. The Labute approximate surface area is 160 Å². The van der Waals surface area contributed by atoms with Gasteiger partial charge < -0.3 is 10.2 Å². The van der Waals surface area contributed by atoms with Gasteiger partial charge >= 0.3 is 0 Å². The average Bonchev–Trinajstić information content (AvgIpc) is 2.65. The number of hydrazone groups is 1. The van der Waals surface area contributed by atoms with Gasteiger partial charge in [-0.2, -0.15) is 5.10 Å². The van der Waals surface area contributed by atoms with E-state index in [1.807, 2.05) is 24.3 Å². The molecule has 1 atom stereocenters. The maximum absolute atomic E-state index is 12.1. The van der Waals surface area contributed by atoms with Gasteiger partial charge in [-0.15, -0.1) is 0 Å². The molecule has 0 fully saturated rings. The molecule has 0 aromatic heterocycles. The summed E-state index contributed by atoms with van der Waals surface area (Å²) in [5.74, 6) is -0.212. The van der Waals surface area contributed by atoms with Crippen molar-refractivity contribution in [3.63, 3.8) is 0 Å². The first-order valence-corrected chi connectivity index (χ1v) is 9.11. The summed E-state index contributed by atoms with van der Waals surface area (Å²) in [5.41, 5.74) is 5.49. The van der Waals surface area contributed by atoms with Crippen LogP contribution in [0.2, 0.25) is 5.02 Å². The highest BCUT2D eigenvalue weighted by Gasteiger charge is 2.11. The number of nitrogens with zero attached hydrogens (tertiary/aromatic N) is 2. The van der Waals surface area contributed by atoms with Gasteiger partial charge in [0, 0.05) is 29.5 Å². The zero-order valence-electron chi connectivity index (χ0n) is 15.4. The molecule has 138 valence electrons. The fraction of sp³-hybridized carbons (Fsp3) is 0.300. The molecule has 0 spiro atoms. The maximum Gasteiger partial charge on any atom is 0.262 e. The number of carbonyl (C=O) groups is 1. The number of nitrogens with one attached hydrogen (secondary N) is 2. The second-order valence-corrected chi connectivity index (χ2v) is 6.31. The van der Waals surface area contributed by atoms with E-state index < -0.39 is 6.04 Å². The Morgan fingerprint density at radius 1 is 1.12 bits per heavy atom. The molecule has 0 saturated heterocycles. The Kier molecular flexibility index (Phi) is 7.48. The summed E-state index contributed by atoms with van der Waals surface area (Å²) in [7, 11) is 0. The Morgan fingerprint density at radius 3 is 2.31 bits per heavy atom. The Balaban J connectivity index is 1.86. The first kappa shape index (κ1) is 19.8. The van der Waals surface area contributed by atoms with E-state index in [4.69, 9.17) is 11.6 Å². The van der Waals surface area contributed by atoms with Crippen molar-refractivity contribution in [2.24, 2.45) is 5.10 Å². The quantitative estimate of drug-likeness (QED) is 0.541. The first-order valence-electron chi connectivity index (χ1n) is 8.73. The molecule has 1 amide bonds. The number of rotatable bonds is 8. The third-order valence-corrected chi connectivity index (χ3v) is 4.28. The van der Waals surface area contributed by atoms with Crippen molar-refractivity contribution in [1.29, 1.82) is 0 Å². The zero-order valence-corrected chi connectivity index (χ0v) is 16.1. The summed E-state index contributed by atoms with van der Waals surface area (Å²) in [5, 5.41) is 7.79. The van der Waals surface area contributed by atoms with Crippen LogP contribution in [0.3, 0.4) is 0 Å². The van der Waals surface area contributed by atoms with E-state index in [0.29, 0.717) is 5.02 Å². The van der Waals surface area contributed by atoms with Crippen LogP contribution in [0.25, 0.3) is 0 Å². The highest BCUT2D eigenvalue weighted by Crippen LogP contribution is 2.15. The molecule has 2 aromatic rings. The second kappa shape index (κ2) is 9.82. The molecule has 0 saturated carbocycles. The number of amides is 1. The lowest BCUT2D eigenvalue weighted by Crippen LogP contribution is -2.34. The zero-order chi connectivity index (χ0) is 18.9. The van der Waals surface area contributed by atoms with Gasteiger partial charge in [-0.1, -0.05) is 23.7 Å². The molecular weight excluding hydrogens is 348 g/mol. The molecule has 0 aliphatic rings. The summed E-state index contributed by atoms with van der Waals surface area (Å²) in [6.45, 7) is 7.98. The van der Waals surface area contributed by atoms with Crippen LogP contribution in [0.15, 0.2) is 53.6 Å². The fourth-order valence-corrected chi connectivity index (χ4v) is 2.61. The second-order valence-electron chi connectivity index (χ2n) is 5.87. The van der Waals surface area contributed by atoms with Gasteiger partial charge in [0.15, 0.2) is 0 Å². The molecule has 2 rings (SSSR count). The fourth-order valence-electron chi connectivity index (χ4n) is 2.49. The SMILES string of the molecule is CCN(CC)c1ccc(/C=N\NC(=O)[C@H](C)Nc2ccc(Cl)cc2)cc1. The molecule has 0 bridgehead atoms. The molecule has 0 aliphatic carbocycles. The topological polar surface area (TPSA) is 56.7 Å². The maximum atomic E-state index is 12.1. The highest BCUT2D eigenvalue weighted by atomic mass is 35.5. The smallest absolute Gasteiger partial charge is 0.262 e. The Morgan fingerprint density at radius 2 is 1.73 bits per heavy atom. The van der Waals surface area contributed by atoms with Crippen LogP contribution in [0.5, 0.6) is 0 Å². The van der Waals surface area contributed by atoms with Gasteiger partial charge in [-0.25, -0.2) is 5.43 Å². The number of carbonyl (C=O) groups excluding carboxylic acids is 1. The van der Waals surface area contributed by atoms with Crippen molar-refractivity contribution in [3.8, 4) is 0 Å². The first-order chi connectivity index (χ1) is 12.5. The number of hydrogen-bond acceptors (Lipinski definition) is 4. The van der Waals surface area contributed by atoms with Gasteiger partial charge in [0.25, 0.3) is 5.91 Å². The van der Waals surface area contributed by atoms with Gasteiger partial charge in [-0.3, -0.25) is 4.79 Å². The highest BCUT2D eigenvalue weighted by molar-refractivity contribution is 6.30. The molecule has 5 nitrogen and oxygen atoms in total. The van der Waals surface area contributed by atoms with E-state index in [2.05, 4.69) is 46.7 Å². The van der Waals surface area contributed by atoms with Crippen LogP contribution in [0.1, 0.15) is 26.3 Å². The molecule has 0 unspecified atom stereocenters. The summed E-state index contributed by atoms with van der Waals surface area (Å²) in [6, 6.07) is 14.9. The van der Waals surface area contributed by atoms with Crippen LogP contribution < -0.4 is 15.6 Å². The van der Waals surface area contributed by atoms with Crippen LogP contribution in [-0.2, 0) is 4.79 Å². The van der Waals surface area contributed by atoms with Crippen molar-refractivity contribution in [2.75, 3.05) is 23.3 Å². The van der Waals surface area contributed by atoms with Crippen molar-refractivity contribution in [2.45, 2.75) is 26.8 Å². The molecule has 0 heterocycles. The van der Waals surface area contributed by atoms with Crippen LogP contribution >= 0.6 is 11.6 Å². The van der Waals surface area contributed by atoms with Crippen molar-refractivity contribution < 1.29 is 4.79 Å². The normalized spacial score (nSPS) is 12.0. The van der Waals surface area contributed by atoms with Crippen molar-refractivity contribution in [1.82, 2.24) is 5.43 Å². The van der Waals surface area contributed by atoms with Gasteiger partial charge in [0.1, 0.15) is 6.04 Å². The Hall–Kier alpha value is -2.53.